The molecule has 7 nitrogen and oxygen atoms in total. The monoisotopic (exact) mass is 421 g/mol. The summed E-state index contributed by atoms with van der Waals surface area (Å²) in [5.41, 5.74) is 5.67. The van der Waals surface area contributed by atoms with Crippen LogP contribution in [0.25, 0.3) is 0 Å². The molecule has 3 heterocycles. The molecule has 0 aromatic carbocycles. The third kappa shape index (κ3) is 3.13. The van der Waals surface area contributed by atoms with Crippen molar-refractivity contribution >= 4 is 40.1 Å². The molecule has 1 amide bonds. The maximum absolute atomic E-state index is 14.6. The number of nitrogens with two attached hydrogens (primary N) is 1. The van der Waals surface area contributed by atoms with Crippen molar-refractivity contribution in [2.24, 2.45) is 16.6 Å². The number of pyridine rings is 2. The zero-order valence-electron chi connectivity index (χ0n) is 14.8. The topological polar surface area (TPSA) is 113 Å². The van der Waals surface area contributed by atoms with E-state index in [9.17, 15) is 14.3 Å². The van der Waals surface area contributed by atoms with Crippen LogP contribution >= 0.6 is 23.4 Å². The lowest BCUT2D eigenvalue weighted by atomic mass is 9.86. The largest absolute Gasteiger partial charge is 0.395 e. The van der Waals surface area contributed by atoms with E-state index in [0.717, 1.165) is 0 Å². The van der Waals surface area contributed by atoms with E-state index in [0.29, 0.717) is 22.3 Å². The van der Waals surface area contributed by atoms with Crippen LogP contribution in [0.3, 0.4) is 0 Å². The Kier molecular flexibility index (Phi) is 4.56. The second-order valence-corrected chi connectivity index (χ2v) is 8.93. The highest BCUT2D eigenvalue weighted by Gasteiger charge is 2.66. The van der Waals surface area contributed by atoms with Crippen LogP contribution in [-0.4, -0.2) is 37.5 Å². The third-order valence-electron chi connectivity index (χ3n) is 5.22. The summed E-state index contributed by atoms with van der Waals surface area (Å²) >= 11 is 7.11. The number of amidine groups is 1. The second-order valence-electron chi connectivity index (χ2n) is 7.06. The molecule has 4 N–H and O–H groups in total. The quantitative estimate of drug-likeness (QED) is 0.654. The minimum atomic E-state index is -0.978. The molecule has 28 heavy (non-hydrogen) atoms. The zero-order valence-corrected chi connectivity index (χ0v) is 16.4. The predicted molar refractivity (Wildman–Crippen MR) is 106 cm³/mol. The molecule has 2 aromatic rings. The van der Waals surface area contributed by atoms with Gasteiger partial charge < -0.3 is 16.2 Å². The van der Waals surface area contributed by atoms with E-state index in [2.05, 4.69) is 20.3 Å². The first-order valence-electron chi connectivity index (χ1n) is 8.51. The number of aliphatic hydroxyl groups excluding tert-OH is 1. The first-order chi connectivity index (χ1) is 13.3. The van der Waals surface area contributed by atoms with Gasteiger partial charge in [0, 0.05) is 17.7 Å². The number of amides is 1. The number of nitrogens with one attached hydrogen (secondary N) is 1. The molecule has 10 heteroatoms. The summed E-state index contributed by atoms with van der Waals surface area (Å²) in [5.74, 6) is -1.24. The molecular weight excluding hydrogens is 405 g/mol. The average molecular weight is 422 g/mol. The molecule has 4 rings (SSSR count). The Labute approximate surface area is 169 Å². The number of nitrogens with zero attached hydrogens (tertiary/aromatic N) is 3. The normalized spacial score (nSPS) is 28.3. The van der Waals surface area contributed by atoms with Crippen LogP contribution in [0.5, 0.6) is 0 Å². The minimum absolute atomic E-state index is 0.0676. The van der Waals surface area contributed by atoms with Gasteiger partial charge in [-0.05, 0) is 31.5 Å². The number of carbonyl (C=O) groups excluding carboxylic acids is 1. The van der Waals surface area contributed by atoms with Gasteiger partial charge in [-0.2, -0.15) is 4.39 Å². The number of aliphatic imine (C=N–C) groups is 1. The van der Waals surface area contributed by atoms with Crippen molar-refractivity contribution in [2.45, 2.75) is 23.6 Å². The fraction of sp³-hybridized carbons (Fsp3) is 0.333. The van der Waals surface area contributed by atoms with E-state index in [-0.39, 0.29) is 23.8 Å². The van der Waals surface area contributed by atoms with Gasteiger partial charge in [-0.25, -0.2) is 9.97 Å². The highest BCUT2D eigenvalue weighted by Crippen LogP contribution is 2.65. The van der Waals surface area contributed by atoms with Crippen LogP contribution in [0.4, 0.5) is 10.1 Å². The van der Waals surface area contributed by atoms with Crippen molar-refractivity contribution in [1.29, 1.82) is 0 Å². The van der Waals surface area contributed by atoms with E-state index in [1.807, 2.05) is 0 Å². The van der Waals surface area contributed by atoms with Gasteiger partial charge in [-0.15, -0.1) is 0 Å². The number of anilines is 1. The Morgan fingerprint density at radius 1 is 1.46 bits per heavy atom. The Hall–Kier alpha value is -2.23. The Morgan fingerprint density at radius 3 is 2.93 bits per heavy atom. The Morgan fingerprint density at radius 2 is 2.25 bits per heavy atom. The van der Waals surface area contributed by atoms with E-state index < -0.39 is 22.1 Å². The molecule has 1 aliphatic heterocycles. The zero-order chi connectivity index (χ0) is 20.1. The van der Waals surface area contributed by atoms with E-state index in [4.69, 9.17) is 17.3 Å². The SMILES string of the molecule is C[C@@]1(c2cc(NC(=O)c3ccc(Cl)cn3)cnc2F)N=C(N)S[C@@]2(CO)C[C@H]21. The highest BCUT2D eigenvalue weighted by molar-refractivity contribution is 8.15. The molecular formula is C18H17ClFN5O2S. The second kappa shape index (κ2) is 6.68. The van der Waals surface area contributed by atoms with Crippen LogP contribution in [0.15, 0.2) is 35.6 Å². The Bertz CT molecular complexity index is 988. The first-order valence-corrected chi connectivity index (χ1v) is 9.71. The number of aromatic nitrogens is 2. The molecule has 1 saturated carbocycles. The van der Waals surface area contributed by atoms with Crippen LogP contribution in [0.2, 0.25) is 5.02 Å². The van der Waals surface area contributed by atoms with Crippen molar-refractivity contribution in [3.05, 3.63) is 52.8 Å². The molecule has 2 aromatic heterocycles. The number of rotatable bonds is 4. The molecule has 3 atom stereocenters. The highest BCUT2D eigenvalue weighted by atomic mass is 35.5. The maximum Gasteiger partial charge on any atom is 0.274 e. The summed E-state index contributed by atoms with van der Waals surface area (Å²) in [6.45, 7) is 1.70. The lowest BCUT2D eigenvalue weighted by Gasteiger charge is -2.33. The van der Waals surface area contributed by atoms with Crippen LogP contribution in [0, 0.1) is 11.9 Å². The predicted octanol–water partition coefficient (Wildman–Crippen LogP) is 2.55. The number of carbonyl (C=O) groups is 1. The maximum atomic E-state index is 14.6. The van der Waals surface area contributed by atoms with Crippen molar-refractivity contribution < 1.29 is 14.3 Å². The number of hydrogen-bond donors (Lipinski definition) is 3. The fourth-order valence-electron chi connectivity index (χ4n) is 3.68. The number of fused-ring (bicyclic) bond motifs is 1. The van der Waals surface area contributed by atoms with E-state index in [1.165, 1.54) is 36.3 Å². The van der Waals surface area contributed by atoms with E-state index >= 15 is 0 Å². The van der Waals surface area contributed by atoms with E-state index in [1.54, 1.807) is 13.0 Å². The number of hydrogen-bond acceptors (Lipinski definition) is 7. The third-order valence-corrected chi connectivity index (χ3v) is 6.73. The number of thioether (sulfide) groups is 1. The minimum Gasteiger partial charge on any atom is -0.395 e. The molecule has 0 radical (unpaired) electrons. The van der Waals surface area contributed by atoms with Gasteiger partial charge in [0.15, 0.2) is 5.17 Å². The van der Waals surface area contributed by atoms with Crippen LogP contribution in [-0.2, 0) is 5.54 Å². The average Bonchev–Trinajstić information content (AvgIpc) is 3.39. The van der Waals surface area contributed by atoms with Crippen LogP contribution in [0.1, 0.15) is 29.4 Å². The standard InChI is InChI=1S/C18H17ClFN5O2S/c1-17(13-5-18(13,8-26)28-16(21)25-17)11-4-10(7-23-14(11)20)24-15(27)12-3-2-9(19)6-22-12/h2-4,6-7,13,26H,5,8H2,1H3,(H2,21,25)(H,24,27)/t13-,17-,18+/m0/s1. The molecule has 0 spiro atoms. The van der Waals surface area contributed by atoms with Gasteiger partial charge in [0.05, 0.1) is 33.8 Å². The molecule has 0 bridgehead atoms. The fourth-order valence-corrected chi connectivity index (χ4v) is 5.13. The summed E-state index contributed by atoms with van der Waals surface area (Å²) in [6.07, 6.45) is 3.26. The van der Waals surface area contributed by atoms with Gasteiger partial charge in [-0.3, -0.25) is 9.79 Å². The molecule has 1 aliphatic carbocycles. The smallest absolute Gasteiger partial charge is 0.274 e. The summed E-state index contributed by atoms with van der Waals surface area (Å²) in [4.78, 5) is 24.6. The molecule has 1 fully saturated rings. The Balaban J connectivity index is 1.65. The molecule has 146 valence electrons. The van der Waals surface area contributed by atoms with Crippen LogP contribution < -0.4 is 11.1 Å². The van der Waals surface area contributed by atoms with Crippen molar-refractivity contribution in [1.82, 2.24) is 9.97 Å². The van der Waals surface area contributed by atoms with Gasteiger partial charge >= 0.3 is 0 Å². The summed E-state index contributed by atoms with van der Waals surface area (Å²) in [5, 5.41) is 13.1. The van der Waals surface area contributed by atoms with Crippen molar-refractivity contribution in [3.63, 3.8) is 0 Å². The van der Waals surface area contributed by atoms with Gasteiger partial charge in [-0.1, -0.05) is 23.4 Å². The first kappa shape index (κ1) is 19.1. The summed E-state index contributed by atoms with van der Waals surface area (Å²) in [6, 6.07) is 4.54. The molecule has 0 unspecified atom stereocenters. The lowest BCUT2D eigenvalue weighted by Crippen LogP contribution is -2.37. The molecule has 2 aliphatic rings. The van der Waals surface area contributed by atoms with Crippen molar-refractivity contribution in [3.8, 4) is 0 Å². The number of aliphatic hydroxyl groups is 1. The lowest BCUT2D eigenvalue weighted by molar-refractivity contribution is 0.102. The van der Waals surface area contributed by atoms with Gasteiger partial charge in [0.2, 0.25) is 5.95 Å². The van der Waals surface area contributed by atoms with Gasteiger partial charge in [0.25, 0.3) is 5.91 Å². The van der Waals surface area contributed by atoms with Crippen molar-refractivity contribution in [2.75, 3.05) is 11.9 Å². The summed E-state index contributed by atoms with van der Waals surface area (Å²) in [7, 11) is 0. The van der Waals surface area contributed by atoms with Gasteiger partial charge in [0.1, 0.15) is 5.69 Å². The summed E-state index contributed by atoms with van der Waals surface area (Å²) < 4.78 is 14.2. The molecule has 0 saturated heterocycles. The number of halogens is 2.